The van der Waals surface area contributed by atoms with E-state index in [1.54, 1.807) is 6.20 Å². The topological polar surface area (TPSA) is 74.7 Å². The fourth-order valence-electron chi connectivity index (χ4n) is 2.12. The molecule has 1 aromatic rings. The molecule has 6 heteroatoms. The van der Waals surface area contributed by atoms with Crippen LogP contribution in [0.5, 0.6) is 0 Å². The third-order valence-corrected chi connectivity index (χ3v) is 4.10. The van der Waals surface area contributed by atoms with Gasteiger partial charge in [-0.2, -0.15) is 11.8 Å². The van der Waals surface area contributed by atoms with Crippen molar-refractivity contribution in [3.05, 3.63) is 29.6 Å². The Morgan fingerprint density at radius 3 is 3.28 bits per heavy atom. The number of oxime groups is 1. The molecular weight excluding hydrogens is 248 g/mol. The van der Waals surface area contributed by atoms with Gasteiger partial charge in [-0.05, 0) is 11.6 Å². The number of rotatable bonds is 3. The van der Waals surface area contributed by atoms with E-state index in [0.717, 1.165) is 31.0 Å². The van der Waals surface area contributed by atoms with Gasteiger partial charge in [-0.25, -0.2) is 0 Å². The molecule has 1 aromatic heterocycles. The lowest BCUT2D eigenvalue weighted by molar-refractivity contribution is 0.278. The molecule has 1 unspecified atom stereocenters. The summed E-state index contributed by atoms with van der Waals surface area (Å²) in [5.41, 5.74) is 7.22. The summed E-state index contributed by atoms with van der Waals surface area (Å²) in [5, 5.41) is 12.5. The van der Waals surface area contributed by atoms with Crippen LogP contribution in [-0.2, 0) is 6.54 Å². The highest BCUT2D eigenvalue weighted by Crippen LogP contribution is 2.20. The van der Waals surface area contributed by atoms with Crippen molar-refractivity contribution in [1.29, 1.82) is 0 Å². The Morgan fingerprint density at radius 1 is 1.72 bits per heavy atom. The minimum absolute atomic E-state index is 0.0741. The molecule has 0 aliphatic carbocycles. The lowest BCUT2D eigenvalue weighted by Crippen LogP contribution is -2.36. The zero-order valence-electron chi connectivity index (χ0n) is 10.4. The number of pyridine rings is 1. The predicted octanol–water partition coefficient (Wildman–Crippen LogP) is 1.11. The van der Waals surface area contributed by atoms with Crippen LogP contribution < -0.4 is 5.73 Å². The average Bonchev–Trinajstić information content (AvgIpc) is 2.38. The number of thioether (sulfide) groups is 1. The van der Waals surface area contributed by atoms with Gasteiger partial charge in [0.1, 0.15) is 5.69 Å². The summed E-state index contributed by atoms with van der Waals surface area (Å²) in [6, 6.07) is 3.86. The van der Waals surface area contributed by atoms with Crippen LogP contribution in [0.2, 0.25) is 0 Å². The zero-order chi connectivity index (χ0) is 13.0. The van der Waals surface area contributed by atoms with Gasteiger partial charge in [0.05, 0.1) is 0 Å². The molecule has 1 fully saturated rings. The summed E-state index contributed by atoms with van der Waals surface area (Å²) < 4.78 is 0. The second-order valence-electron chi connectivity index (χ2n) is 4.41. The average molecular weight is 266 g/mol. The highest BCUT2D eigenvalue weighted by atomic mass is 32.2. The summed E-state index contributed by atoms with van der Waals surface area (Å²) in [6.45, 7) is 5.17. The first-order chi connectivity index (χ1) is 8.70. The molecule has 18 heavy (non-hydrogen) atoms. The number of amidine groups is 1. The van der Waals surface area contributed by atoms with Gasteiger partial charge in [0.15, 0.2) is 5.84 Å². The van der Waals surface area contributed by atoms with Gasteiger partial charge >= 0.3 is 0 Å². The highest BCUT2D eigenvalue weighted by molar-refractivity contribution is 7.99. The van der Waals surface area contributed by atoms with E-state index in [2.05, 4.69) is 22.0 Å². The van der Waals surface area contributed by atoms with E-state index in [4.69, 9.17) is 10.9 Å². The fraction of sp³-hybridized carbons (Fsp3) is 0.500. The third-order valence-electron chi connectivity index (χ3n) is 2.96. The van der Waals surface area contributed by atoms with Gasteiger partial charge in [0.2, 0.25) is 0 Å². The number of hydrogen-bond acceptors (Lipinski definition) is 5. The number of nitrogens with two attached hydrogens (primary N) is 1. The Morgan fingerprint density at radius 2 is 2.56 bits per heavy atom. The smallest absolute Gasteiger partial charge is 0.189 e. The molecule has 0 amide bonds. The van der Waals surface area contributed by atoms with Gasteiger partial charge in [0.25, 0.3) is 0 Å². The fourth-order valence-corrected chi connectivity index (χ4v) is 3.20. The normalized spacial score (nSPS) is 22.1. The standard InChI is InChI=1S/C12H18N4OS/c1-9-7-16(5-6-18-9)8-10-3-2-4-14-11(10)12(13)15-17/h2-4,9,17H,5-8H2,1H3,(H2,13,15). The van der Waals surface area contributed by atoms with Crippen LogP contribution in [0.1, 0.15) is 18.2 Å². The minimum Gasteiger partial charge on any atom is -0.409 e. The molecule has 0 radical (unpaired) electrons. The van der Waals surface area contributed by atoms with Crippen molar-refractivity contribution in [2.75, 3.05) is 18.8 Å². The maximum Gasteiger partial charge on any atom is 0.189 e. The van der Waals surface area contributed by atoms with Crippen molar-refractivity contribution in [3.8, 4) is 0 Å². The van der Waals surface area contributed by atoms with E-state index in [1.165, 1.54) is 0 Å². The van der Waals surface area contributed by atoms with Crippen molar-refractivity contribution >= 4 is 17.6 Å². The lowest BCUT2D eigenvalue weighted by atomic mass is 10.1. The number of aromatic nitrogens is 1. The van der Waals surface area contributed by atoms with Crippen LogP contribution >= 0.6 is 11.8 Å². The quantitative estimate of drug-likeness (QED) is 0.371. The maximum absolute atomic E-state index is 8.77. The Labute approximate surface area is 111 Å². The lowest BCUT2D eigenvalue weighted by Gasteiger charge is -2.30. The molecule has 2 rings (SSSR count). The third kappa shape index (κ3) is 3.14. The summed E-state index contributed by atoms with van der Waals surface area (Å²) >= 11 is 2.00. The molecule has 0 bridgehead atoms. The van der Waals surface area contributed by atoms with Gasteiger partial charge in [-0.15, -0.1) is 0 Å². The van der Waals surface area contributed by atoms with Gasteiger partial charge in [-0.1, -0.05) is 18.1 Å². The van der Waals surface area contributed by atoms with Gasteiger partial charge in [-0.3, -0.25) is 9.88 Å². The minimum atomic E-state index is 0.0741. The second kappa shape index (κ2) is 6.06. The monoisotopic (exact) mass is 266 g/mol. The Kier molecular flexibility index (Phi) is 4.43. The van der Waals surface area contributed by atoms with Crippen LogP contribution in [0, 0.1) is 0 Å². The van der Waals surface area contributed by atoms with Gasteiger partial charge in [0, 0.05) is 36.8 Å². The van der Waals surface area contributed by atoms with E-state index < -0.39 is 0 Å². The number of nitrogens with zero attached hydrogens (tertiary/aromatic N) is 3. The van der Waals surface area contributed by atoms with E-state index in [1.807, 2.05) is 23.9 Å². The van der Waals surface area contributed by atoms with Crippen molar-refractivity contribution in [2.24, 2.45) is 10.9 Å². The summed E-state index contributed by atoms with van der Waals surface area (Å²) in [7, 11) is 0. The second-order valence-corrected chi connectivity index (χ2v) is 5.96. The molecule has 1 atom stereocenters. The van der Waals surface area contributed by atoms with Crippen molar-refractivity contribution in [3.63, 3.8) is 0 Å². The Balaban J connectivity index is 2.13. The molecule has 98 valence electrons. The van der Waals surface area contributed by atoms with E-state index >= 15 is 0 Å². The van der Waals surface area contributed by atoms with Crippen LogP contribution in [0.3, 0.4) is 0 Å². The van der Waals surface area contributed by atoms with E-state index in [9.17, 15) is 0 Å². The van der Waals surface area contributed by atoms with Crippen LogP contribution in [0.4, 0.5) is 0 Å². The van der Waals surface area contributed by atoms with E-state index in [-0.39, 0.29) is 5.84 Å². The van der Waals surface area contributed by atoms with Crippen molar-refractivity contribution in [2.45, 2.75) is 18.7 Å². The Hall–Kier alpha value is -1.27. The molecule has 5 nitrogen and oxygen atoms in total. The van der Waals surface area contributed by atoms with Crippen molar-refractivity contribution in [1.82, 2.24) is 9.88 Å². The molecule has 0 spiro atoms. The molecule has 1 aliphatic rings. The number of hydrogen-bond donors (Lipinski definition) is 2. The maximum atomic E-state index is 8.77. The van der Waals surface area contributed by atoms with Crippen LogP contribution in [0.15, 0.2) is 23.5 Å². The largest absolute Gasteiger partial charge is 0.409 e. The Bertz CT molecular complexity index is 438. The summed E-state index contributed by atoms with van der Waals surface area (Å²) in [4.78, 5) is 6.57. The first kappa shape index (κ1) is 13.2. The summed E-state index contributed by atoms with van der Waals surface area (Å²) in [6.07, 6.45) is 1.66. The summed E-state index contributed by atoms with van der Waals surface area (Å²) in [5.74, 6) is 1.23. The molecule has 3 N–H and O–H groups in total. The predicted molar refractivity (Wildman–Crippen MR) is 73.9 cm³/mol. The molecular formula is C12H18N4OS. The molecule has 0 aromatic carbocycles. The molecule has 1 saturated heterocycles. The van der Waals surface area contributed by atoms with Crippen LogP contribution in [0.25, 0.3) is 0 Å². The molecule has 0 saturated carbocycles. The first-order valence-corrected chi connectivity index (χ1v) is 7.01. The SMILES string of the molecule is CC1CN(Cc2cccnc2/C(N)=N/O)CCS1. The molecule has 2 heterocycles. The highest BCUT2D eigenvalue weighted by Gasteiger charge is 2.18. The van der Waals surface area contributed by atoms with Crippen LogP contribution in [-0.4, -0.2) is 45.0 Å². The zero-order valence-corrected chi connectivity index (χ0v) is 11.2. The van der Waals surface area contributed by atoms with Gasteiger partial charge < -0.3 is 10.9 Å². The van der Waals surface area contributed by atoms with Crippen molar-refractivity contribution < 1.29 is 5.21 Å². The first-order valence-electron chi connectivity index (χ1n) is 5.96. The van der Waals surface area contributed by atoms with E-state index in [0.29, 0.717) is 10.9 Å². The molecule has 1 aliphatic heterocycles.